The van der Waals surface area contributed by atoms with Gasteiger partial charge < -0.3 is 0 Å². The first kappa shape index (κ1) is 14.3. The molecule has 1 aromatic heterocycles. The molecule has 0 aliphatic rings. The molecule has 0 saturated heterocycles. The van der Waals surface area contributed by atoms with Gasteiger partial charge in [-0.2, -0.15) is 0 Å². The van der Waals surface area contributed by atoms with Gasteiger partial charge in [0.2, 0.25) is 0 Å². The number of rotatable bonds is 4. The van der Waals surface area contributed by atoms with Crippen molar-refractivity contribution in [1.29, 1.82) is 0 Å². The van der Waals surface area contributed by atoms with Gasteiger partial charge in [0.1, 0.15) is 0 Å². The lowest BCUT2D eigenvalue weighted by atomic mass is 9.98. The second-order valence-electron chi connectivity index (χ2n) is 5.24. The Morgan fingerprint density at radius 2 is 1.84 bits per heavy atom. The van der Waals surface area contributed by atoms with Crippen LogP contribution in [0.4, 0.5) is 0 Å². The Morgan fingerprint density at radius 1 is 1.11 bits per heavy atom. The number of thiophene rings is 1. The van der Waals surface area contributed by atoms with Gasteiger partial charge in [-0.15, -0.1) is 11.3 Å². The first-order valence-corrected chi connectivity index (χ1v) is 7.42. The summed E-state index contributed by atoms with van der Waals surface area (Å²) < 4.78 is 0. The molecule has 0 fully saturated rings. The molecule has 0 saturated carbocycles. The zero-order chi connectivity index (χ0) is 14.0. The predicted octanol–water partition coefficient (Wildman–Crippen LogP) is 3.73. The van der Waals surface area contributed by atoms with Crippen LogP contribution in [-0.2, 0) is 6.42 Å². The Morgan fingerprint density at radius 3 is 2.42 bits per heavy atom. The van der Waals surface area contributed by atoms with Gasteiger partial charge in [0, 0.05) is 9.75 Å². The highest BCUT2D eigenvalue weighted by molar-refractivity contribution is 7.12. The average molecular weight is 274 g/mol. The van der Waals surface area contributed by atoms with E-state index in [-0.39, 0.29) is 6.04 Å². The number of hydrazine groups is 1. The molecular weight excluding hydrogens is 252 g/mol. The molecule has 2 nitrogen and oxygen atoms in total. The molecule has 2 rings (SSSR count). The van der Waals surface area contributed by atoms with Crippen molar-refractivity contribution in [2.24, 2.45) is 5.84 Å². The van der Waals surface area contributed by atoms with E-state index in [4.69, 9.17) is 5.84 Å². The maximum Gasteiger partial charge on any atom is 0.0593 e. The van der Waals surface area contributed by atoms with Crippen LogP contribution in [0.1, 0.15) is 38.0 Å². The summed E-state index contributed by atoms with van der Waals surface area (Å²) in [5.74, 6) is 5.76. The van der Waals surface area contributed by atoms with Crippen LogP contribution >= 0.6 is 11.3 Å². The molecule has 3 N–H and O–H groups in total. The van der Waals surface area contributed by atoms with E-state index in [9.17, 15) is 0 Å². The second kappa shape index (κ2) is 5.87. The number of benzene rings is 1. The van der Waals surface area contributed by atoms with E-state index in [1.807, 2.05) is 11.3 Å². The Hall–Kier alpha value is -1.16. The zero-order valence-electron chi connectivity index (χ0n) is 12.1. The van der Waals surface area contributed by atoms with E-state index in [0.717, 1.165) is 6.42 Å². The molecule has 1 aromatic carbocycles. The number of hydrogen-bond donors (Lipinski definition) is 2. The van der Waals surface area contributed by atoms with Crippen LogP contribution in [0.15, 0.2) is 24.3 Å². The molecule has 0 spiro atoms. The standard InChI is InChI=1S/C16H22N2S/c1-10-5-6-11(2)14(7-10)9-15(18-17)16-8-12(3)13(4)19-16/h5-8,15,18H,9,17H2,1-4H3. The van der Waals surface area contributed by atoms with E-state index < -0.39 is 0 Å². The maximum atomic E-state index is 5.76. The molecule has 0 amide bonds. The van der Waals surface area contributed by atoms with Crippen molar-refractivity contribution in [2.75, 3.05) is 0 Å². The maximum absolute atomic E-state index is 5.76. The van der Waals surface area contributed by atoms with Crippen LogP contribution < -0.4 is 11.3 Å². The van der Waals surface area contributed by atoms with Gasteiger partial charge in [0.05, 0.1) is 6.04 Å². The number of aryl methyl sites for hydroxylation is 4. The van der Waals surface area contributed by atoms with Gasteiger partial charge in [-0.25, -0.2) is 0 Å². The Labute approximate surface area is 119 Å². The summed E-state index contributed by atoms with van der Waals surface area (Å²) in [5.41, 5.74) is 8.31. The molecule has 1 heterocycles. The molecule has 1 unspecified atom stereocenters. The number of nitrogens with one attached hydrogen (secondary N) is 1. The van der Waals surface area contributed by atoms with Gasteiger partial charge in [0.15, 0.2) is 0 Å². The summed E-state index contributed by atoms with van der Waals surface area (Å²) >= 11 is 1.83. The summed E-state index contributed by atoms with van der Waals surface area (Å²) in [7, 11) is 0. The zero-order valence-corrected chi connectivity index (χ0v) is 12.9. The smallest absolute Gasteiger partial charge is 0.0593 e. The summed E-state index contributed by atoms with van der Waals surface area (Å²) in [6.07, 6.45) is 0.934. The lowest BCUT2D eigenvalue weighted by Gasteiger charge is -2.16. The van der Waals surface area contributed by atoms with Crippen molar-refractivity contribution in [1.82, 2.24) is 5.43 Å². The SMILES string of the molecule is Cc1ccc(C)c(CC(NN)c2cc(C)c(C)s2)c1. The van der Waals surface area contributed by atoms with E-state index in [1.165, 1.54) is 32.0 Å². The van der Waals surface area contributed by atoms with E-state index in [0.29, 0.717) is 0 Å². The number of nitrogens with two attached hydrogens (primary N) is 1. The quantitative estimate of drug-likeness (QED) is 0.658. The molecule has 2 aromatic rings. The van der Waals surface area contributed by atoms with Crippen molar-refractivity contribution in [3.05, 3.63) is 56.3 Å². The molecule has 0 aliphatic carbocycles. The summed E-state index contributed by atoms with van der Waals surface area (Å²) in [5, 5.41) is 0. The predicted molar refractivity (Wildman–Crippen MR) is 83.5 cm³/mol. The molecule has 3 heteroatoms. The minimum absolute atomic E-state index is 0.192. The second-order valence-corrected chi connectivity index (χ2v) is 6.53. The van der Waals surface area contributed by atoms with Crippen molar-refractivity contribution < 1.29 is 0 Å². The van der Waals surface area contributed by atoms with Crippen LogP contribution in [0.2, 0.25) is 0 Å². The summed E-state index contributed by atoms with van der Waals surface area (Å²) in [4.78, 5) is 2.69. The highest BCUT2D eigenvalue weighted by Crippen LogP contribution is 2.29. The van der Waals surface area contributed by atoms with Gasteiger partial charge in [0.25, 0.3) is 0 Å². The third kappa shape index (κ3) is 3.24. The first-order chi connectivity index (χ1) is 9.01. The molecule has 0 bridgehead atoms. The molecule has 0 aliphatic heterocycles. The highest BCUT2D eigenvalue weighted by atomic mass is 32.1. The molecule has 0 radical (unpaired) electrons. The Kier molecular flexibility index (Phi) is 4.40. The van der Waals surface area contributed by atoms with Crippen LogP contribution in [0.5, 0.6) is 0 Å². The molecular formula is C16H22N2S. The van der Waals surface area contributed by atoms with Crippen LogP contribution in [-0.4, -0.2) is 0 Å². The van der Waals surface area contributed by atoms with Crippen molar-refractivity contribution in [3.8, 4) is 0 Å². The van der Waals surface area contributed by atoms with Crippen molar-refractivity contribution in [3.63, 3.8) is 0 Å². The fourth-order valence-electron chi connectivity index (χ4n) is 2.26. The van der Waals surface area contributed by atoms with Crippen molar-refractivity contribution in [2.45, 2.75) is 40.2 Å². The van der Waals surface area contributed by atoms with Gasteiger partial charge in [-0.05, 0) is 56.9 Å². The van der Waals surface area contributed by atoms with Crippen LogP contribution in [0.3, 0.4) is 0 Å². The summed E-state index contributed by atoms with van der Waals surface area (Å²) in [6, 6.07) is 9.03. The Balaban J connectivity index is 2.26. The lowest BCUT2D eigenvalue weighted by Crippen LogP contribution is -2.29. The van der Waals surface area contributed by atoms with Crippen molar-refractivity contribution >= 4 is 11.3 Å². The van der Waals surface area contributed by atoms with E-state index in [2.05, 4.69) is 57.4 Å². The largest absolute Gasteiger partial charge is 0.271 e. The van der Waals surface area contributed by atoms with Gasteiger partial charge in [-0.3, -0.25) is 11.3 Å². The fraction of sp³-hybridized carbons (Fsp3) is 0.375. The average Bonchev–Trinajstić information content (AvgIpc) is 2.70. The summed E-state index contributed by atoms with van der Waals surface area (Å²) in [6.45, 7) is 8.61. The monoisotopic (exact) mass is 274 g/mol. The molecule has 102 valence electrons. The minimum Gasteiger partial charge on any atom is -0.271 e. The first-order valence-electron chi connectivity index (χ1n) is 6.60. The van der Waals surface area contributed by atoms with Gasteiger partial charge in [-0.1, -0.05) is 23.8 Å². The lowest BCUT2D eigenvalue weighted by molar-refractivity contribution is 0.559. The van der Waals surface area contributed by atoms with Crippen LogP contribution in [0.25, 0.3) is 0 Å². The van der Waals surface area contributed by atoms with Gasteiger partial charge >= 0.3 is 0 Å². The minimum atomic E-state index is 0.192. The normalized spacial score (nSPS) is 12.7. The highest BCUT2D eigenvalue weighted by Gasteiger charge is 2.15. The van der Waals surface area contributed by atoms with E-state index >= 15 is 0 Å². The third-order valence-corrected chi connectivity index (χ3v) is 4.92. The molecule has 1 atom stereocenters. The van der Waals surface area contributed by atoms with E-state index in [1.54, 1.807) is 0 Å². The molecule has 19 heavy (non-hydrogen) atoms. The van der Waals surface area contributed by atoms with Crippen LogP contribution in [0, 0.1) is 27.7 Å². The Bertz CT molecular complexity index is 553. The number of hydrogen-bond acceptors (Lipinski definition) is 3. The third-order valence-electron chi connectivity index (χ3n) is 3.66. The fourth-order valence-corrected chi connectivity index (χ4v) is 3.36. The topological polar surface area (TPSA) is 38.0 Å².